The molecule has 0 aliphatic heterocycles. The molecule has 0 spiro atoms. The van der Waals surface area contributed by atoms with Crippen molar-refractivity contribution in [1.82, 2.24) is 5.32 Å². The second-order valence-electron chi connectivity index (χ2n) is 5.04. The average molecular weight is 241 g/mol. The minimum Gasteiger partial charge on any atom is -0.306 e. The van der Waals surface area contributed by atoms with Crippen molar-refractivity contribution in [2.45, 2.75) is 44.9 Å². The summed E-state index contributed by atoms with van der Waals surface area (Å²) in [6, 6.07) is 8.88. The molecule has 1 aromatic rings. The van der Waals surface area contributed by atoms with Crippen LogP contribution in [0.4, 0.5) is 0 Å². The fourth-order valence-electron chi connectivity index (χ4n) is 2.61. The molecule has 0 aromatic heterocycles. The van der Waals surface area contributed by atoms with E-state index < -0.39 is 0 Å². The van der Waals surface area contributed by atoms with Crippen LogP contribution in [0, 0.1) is 11.8 Å². The first-order chi connectivity index (χ1) is 8.90. The molecule has 1 fully saturated rings. The van der Waals surface area contributed by atoms with Gasteiger partial charge in [0, 0.05) is 5.56 Å². The Morgan fingerprint density at radius 1 is 1.11 bits per heavy atom. The number of nitrogens with one attached hydrogen (secondary N) is 1. The van der Waals surface area contributed by atoms with Crippen molar-refractivity contribution in [3.8, 4) is 11.8 Å². The molecule has 0 bridgehead atoms. The third kappa shape index (κ3) is 3.89. The molecule has 1 saturated carbocycles. The van der Waals surface area contributed by atoms with Crippen LogP contribution >= 0.6 is 0 Å². The Morgan fingerprint density at radius 2 is 1.83 bits per heavy atom. The van der Waals surface area contributed by atoms with E-state index in [2.05, 4.69) is 48.3 Å². The number of rotatable bonds is 3. The molecule has 1 aliphatic rings. The molecule has 0 unspecified atom stereocenters. The van der Waals surface area contributed by atoms with Crippen LogP contribution < -0.4 is 5.32 Å². The molecule has 0 atom stereocenters. The van der Waals surface area contributed by atoms with Crippen LogP contribution in [0.3, 0.4) is 0 Å². The Balaban J connectivity index is 1.93. The lowest BCUT2D eigenvalue weighted by Crippen LogP contribution is -2.11. The van der Waals surface area contributed by atoms with Gasteiger partial charge in [-0.2, -0.15) is 0 Å². The van der Waals surface area contributed by atoms with Crippen LogP contribution in [0.25, 0.3) is 0 Å². The highest BCUT2D eigenvalue weighted by Crippen LogP contribution is 2.32. The second-order valence-corrected chi connectivity index (χ2v) is 5.04. The molecular weight excluding hydrogens is 218 g/mol. The molecule has 1 heteroatoms. The smallest absolute Gasteiger partial charge is 0.0580 e. The van der Waals surface area contributed by atoms with Gasteiger partial charge >= 0.3 is 0 Å². The summed E-state index contributed by atoms with van der Waals surface area (Å²) in [5.74, 6) is 7.13. The molecule has 0 amide bonds. The van der Waals surface area contributed by atoms with Gasteiger partial charge in [0.2, 0.25) is 0 Å². The summed E-state index contributed by atoms with van der Waals surface area (Å²) in [5, 5.41) is 3.21. The van der Waals surface area contributed by atoms with E-state index in [0.29, 0.717) is 0 Å². The molecule has 96 valence electrons. The monoisotopic (exact) mass is 241 g/mol. The fourth-order valence-corrected chi connectivity index (χ4v) is 2.61. The highest BCUT2D eigenvalue weighted by atomic mass is 14.8. The van der Waals surface area contributed by atoms with E-state index in [1.807, 2.05) is 0 Å². The third-order valence-corrected chi connectivity index (χ3v) is 3.68. The van der Waals surface area contributed by atoms with Crippen LogP contribution in [-0.4, -0.2) is 13.1 Å². The van der Waals surface area contributed by atoms with Crippen LogP contribution in [0.1, 0.15) is 56.1 Å². The lowest BCUT2D eigenvalue weighted by atomic mass is 9.84. The van der Waals surface area contributed by atoms with Crippen LogP contribution in [0.2, 0.25) is 0 Å². The number of hydrogen-bond donors (Lipinski definition) is 1. The topological polar surface area (TPSA) is 12.0 Å². The first-order valence-electron chi connectivity index (χ1n) is 7.19. The summed E-state index contributed by atoms with van der Waals surface area (Å²) in [6.07, 6.45) is 6.95. The zero-order valence-corrected chi connectivity index (χ0v) is 11.3. The largest absolute Gasteiger partial charge is 0.306 e. The third-order valence-electron chi connectivity index (χ3n) is 3.68. The van der Waals surface area contributed by atoms with Crippen molar-refractivity contribution in [3.63, 3.8) is 0 Å². The molecule has 0 radical (unpaired) electrons. The normalized spacial score (nSPS) is 16.1. The van der Waals surface area contributed by atoms with Crippen molar-refractivity contribution in [1.29, 1.82) is 0 Å². The number of hydrogen-bond acceptors (Lipinski definition) is 1. The van der Waals surface area contributed by atoms with Crippen molar-refractivity contribution in [3.05, 3.63) is 35.4 Å². The van der Waals surface area contributed by atoms with Crippen LogP contribution in [0.15, 0.2) is 24.3 Å². The van der Waals surface area contributed by atoms with Crippen molar-refractivity contribution >= 4 is 0 Å². The molecule has 1 nitrogen and oxygen atoms in total. The minimum absolute atomic E-state index is 0.779. The quantitative estimate of drug-likeness (QED) is 0.628. The van der Waals surface area contributed by atoms with E-state index in [0.717, 1.165) is 24.6 Å². The first kappa shape index (κ1) is 13.2. The van der Waals surface area contributed by atoms with Gasteiger partial charge in [-0.05, 0) is 43.0 Å². The average Bonchev–Trinajstić information content (AvgIpc) is 2.45. The Hall–Kier alpha value is -1.26. The van der Waals surface area contributed by atoms with Crippen LogP contribution in [0.5, 0.6) is 0 Å². The van der Waals surface area contributed by atoms with Gasteiger partial charge in [0.25, 0.3) is 0 Å². The fraction of sp³-hybridized carbons (Fsp3) is 0.529. The molecule has 1 aromatic carbocycles. The van der Waals surface area contributed by atoms with Gasteiger partial charge in [0.05, 0.1) is 6.54 Å². The Morgan fingerprint density at radius 3 is 2.50 bits per heavy atom. The first-order valence-corrected chi connectivity index (χ1v) is 7.19. The van der Waals surface area contributed by atoms with E-state index >= 15 is 0 Å². The van der Waals surface area contributed by atoms with Gasteiger partial charge in [-0.1, -0.05) is 50.2 Å². The highest BCUT2D eigenvalue weighted by molar-refractivity contribution is 5.37. The van der Waals surface area contributed by atoms with E-state index in [9.17, 15) is 0 Å². The maximum Gasteiger partial charge on any atom is 0.0580 e. The maximum atomic E-state index is 3.21. The maximum absolute atomic E-state index is 3.21. The lowest BCUT2D eigenvalue weighted by Gasteiger charge is -2.21. The van der Waals surface area contributed by atoms with Crippen molar-refractivity contribution in [2.75, 3.05) is 13.1 Å². The molecular formula is C17H23N. The summed E-state index contributed by atoms with van der Waals surface area (Å²) in [5.41, 5.74) is 2.64. The summed E-state index contributed by atoms with van der Waals surface area (Å²) >= 11 is 0. The summed E-state index contributed by atoms with van der Waals surface area (Å²) in [4.78, 5) is 0. The predicted molar refractivity (Wildman–Crippen MR) is 77.7 cm³/mol. The van der Waals surface area contributed by atoms with E-state index in [-0.39, 0.29) is 0 Å². The summed E-state index contributed by atoms with van der Waals surface area (Å²) in [6.45, 7) is 3.86. The zero-order valence-electron chi connectivity index (χ0n) is 11.3. The van der Waals surface area contributed by atoms with Crippen molar-refractivity contribution in [2.24, 2.45) is 0 Å². The van der Waals surface area contributed by atoms with E-state index in [4.69, 9.17) is 0 Å². The van der Waals surface area contributed by atoms with Gasteiger partial charge < -0.3 is 5.32 Å². The highest BCUT2D eigenvalue weighted by Gasteiger charge is 2.14. The molecule has 18 heavy (non-hydrogen) atoms. The molecule has 1 aliphatic carbocycles. The Kier molecular flexibility index (Phi) is 5.30. The zero-order chi connectivity index (χ0) is 12.6. The summed E-state index contributed by atoms with van der Waals surface area (Å²) < 4.78 is 0. The van der Waals surface area contributed by atoms with Gasteiger partial charge in [-0.3, -0.25) is 0 Å². The molecule has 0 heterocycles. The van der Waals surface area contributed by atoms with Gasteiger partial charge in [0.1, 0.15) is 0 Å². The van der Waals surface area contributed by atoms with Gasteiger partial charge in [-0.15, -0.1) is 0 Å². The summed E-state index contributed by atoms with van der Waals surface area (Å²) in [7, 11) is 0. The lowest BCUT2D eigenvalue weighted by molar-refractivity contribution is 0.443. The van der Waals surface area contributed by atoms with E-state index in [1.54, 1.807) is 0 Å². The SMILES string of the molecule is CCNCC#Cc1ccc(C2CCCCC2)cc1. The number of benzene rings is 1. The minimum atomic E-state index is 0.779. The molecule has 1 N–H and O–H groups in total. The Bertz CT molecular complexity index is 401. The molecule has 0 saturated heterocycles. The van der Waals surface area contributed by atoms with Gasteiger partial charge in [-0.25, -0.2) is 0 Å². The molecule has 2 rings (SSSR count). The standard InChI is InChI=1S/C17H23N/c1-2-18-14-6-7-15-10-12-17(13-11-15)16-8-4-3-5-9-16/h10-13,16,18H,2-5,8-9,14H2,1H3. The van der Waals surface area contributed by atoms with E-state index in [1.165, 1.54) is 37.7 Å². The van der Waals surface area contributed by atoms with Crippen LogP contribution in [-0.2, 0) is 0 Å². The van der Waals surface area contributed by atoms with Gasteiger partial charge in [0.15, 0.2) is 0 Å². The Labute approximate surface area is 111 Å². The van der Waals surface area contributed by atoms with Crippen molar-refractivity contribution < 1.29 is 0 Å². The second kappa shape index (κ2) is 7.24. The predicted octanol–water partition coefficient (Wildman–Crippen LogP) is 3.70.